The van der Waals surface area contributed by atoms with Gasteiger partial charge in [-0.1, -0.05) is 20.8 Å². The van der Waals surface area contributed by atoms with Crippen LogP contribution in [0.1, 0.15) is 56.7 Å². The molecule has 2 aliphatic carbocycles. The molecule has 14 heteroatoms. The van der Waals surface area contributed by atoms with Crippen molar-refractivity contribution < 1.29 is 35.9 Å². The molecule has 0 N–H and O–H groups in total. The molecule has 3 heterocycles. The fourth-order valence-electron chi connectivity index (χ4n) is 6.83. The van der Waals surface area contributed by atoms with Gasteiger partial charge < -0.3 is 14.5 Å². The predicted octanol–water partition coefficient (Wildman–Crippen LogP) is 6.96. The van der Waals surface area contributed by atoms with Crippen molar-refractivity contribution in [1.29, 1.82) is 0 Å². The van der Waals surface area contributed by atoms with Gasteiger partial charge in [-0.15, -0.1) is 0 Å². The van der Waals surface area contributed by atoms with Gasteiger partial charge in [0.25, 0.3) is 0 Å². The number of alkyl halides is 6. The largest absolute Gasteiger partial charge is 0.449 e. The second kappa shape index (κ2) is 10.6. The smallest absolute Gasteiger partial charge is 0.416 e. The lowest BCUT2D eigenvalue weighted by molar-refractivity contribution is -0.143. The Morgan fingerprint density at radius 3 is 2.16 bits per heavy atom. The van der Waals surface area contributed by atoms with Gasteiger partial charge in [-0.05, 0) is 54.9 Å². The zero-order valence-corrected chi connectivity index (χ0v) is 25.3. The van der Waals surface area contributed by atoms with Gasteiger partial charge in [-0.3, -0.25) is 4.68 Å². The average molecular weight is 637 g/mol. The fourth-order valence-corrected chi connectivity index (χ4v) is 6.83. The molecule has 2 saturated carbocycles. The Labute approximate surface area is 256 Å². The van der Waals surface area contributed by atoms with Gasteiger partial charge in [0.15, 0.2) is 0 Å². The first-order valence-corrected chi connectivity index (χ1v) is 14.8. The summed E-state index contributed by atoms with van der Waals surface area (Å²) in [5, 5.41) is 4.14. The second-order valence-corrected chi connectivity index (χ2v) is 13.2. The summed E-state index contributed by atoms with van der Waals surface area (Å²) in [4.78, 5) is 25.7. The summed E-state index contributed by atoms with van der Waals surface area (Å²) in [5.41, 5.74) is -2.32. The third-order valence-corrected chi connectivity index (χ3v) is 9.30. The number of aromatic nitrogens is 4. The highest BCUT2D eigenvalue weighted by molar-refractivity contribution is 5.71. The first-order valence-electron chi connectivity index (χ1n) is 14.8. The topological polar surface area (TPSA) is 76.4 Å². The molecule has 0 radical (unpaired) electrons. The molecule has 3 aliphatic rings. The number of benzene rings is 1. The van der Waals surface area contributed by atoms with E-state index in [-0.39, 0.29) is 54.1 Å². The molecule has 242 valence electrons. The maximum absolute atomic E-state index is 13.7. The Kier molecular flexibility index (Phi) is 7.35. The van der Waals surface area contributed by atoms with Crippen LogP contribution in [-0.4, -0.2) is 55.5 Å². The molecule has 1 amide bonds. The maximum atomic E-state index is 13.7. The maximum Gasteiger partial charge on any atom is 0.416 e. The number of carbonyl (C=O) groups is 1. The number of hydrogen-bond acceptors (Lipinski definition) is 6. The van der Waals surface area contributed by atoms with Crippen LogP contribution in [-0.2, 0) is 30.7 Å². The zero-order chi connectivity index (χ0) is 32.5. The average Bonchev–Trinajstić information content (AvgIpc) is 3.69. The lowest BCUT2D eigenvalue weighted by Gasteiger charge is -2.26. The van der Waals surface area contributed by atoms with Crippen LogP contribution in [0.4, 0.5) is 37.1 Å². The van der Waals surface area contributed by atoms with Crippen LogP contribution >= 0.6 is 0 Å². The van der Waals surface area contributed by atoms with Gasteiger partial charge in [0, 0.05) is 66.9 Å². The van der Waals surface area contributed by atoms with Crippen molar-refractivity contribution in [2.24, 2.45) is 24.3 Å². The molecule has 2 aromatic heterocycles. The quantitative estimate of drug-likeness (QED) is 0.261. The van der Waals surface area contributed by atoms with Gasteiger partial charge in [-0.25, -0.2) is 14.8 Å². The van der Waals surface area contributed by atoms with Gasteiger partial charge >= 0.3 is 18.4 Å². The van der Waals surface area contributed by atoms with Gasteiger partial charge in [-0.2, -0.15) is 31.4 Å². The molecule has 45 heavy (non-hydrogen) atoms. The number of halogens is 6. The molecule has 3 aromatic rings. The van der Waals surface area contributed by atoms with E-state index in [1.54, 1.807) is 46.3 Å². The number of anilines is 1. The molecule has 1 saturated heterocycles. The molecule has 2 spiro atoms. The van der Waals surface area contributed by atoms with Gasteiger partial charge in [0.1, 0.15) is 0 Å². The number of aryl methyl sites for hydroxylation is 1. The molecule has 1 aromatic carbocycles. The lowest BCUT2D eigenvalue weighted by Crippen LogP contribution is -2.39. The standard InChI is InChI=1S/C31H34F6N6O2/c1-18(2)15-45-27(44)43-17-28(16-29(43)8-19(29)3)9-25(28)42(26-38-10-21(11-39-26)22-12-40-41(4)14-22)13-20-5-23(30(32,33)34)7-24(6-20)31(35,36)37/h5-7,10-12,14,18-19,25H,8-9,13,15-17H2,1-4H3. The van der Waals surface area contributed by atoms with Crippen LogP contribution in [0.3, 0.4) is 0 Å². The summed E-state index contributed by atoms with van der Waals surface area (Å²) < 4.78 is 89.5. The molecular formula is C31H34F6N6O2. The number of carbonyl (C=O) groups excluding carboxylic acids is 1. The summed E-state index contributed by atoms with van der Waals surface area (Å²) in [7, 11) is 1.76. The minimum Gasteiger partial charge on any atom is -0.449 e. The Morgan fingerprint density at radius 2 is 1.64 bits per heavy atom. The van der Waals surface area contributed by atoms with Crippen molar-refractivity contribution in [3.63, 3.8) is 0 Å². The molecule has 8 nitrogen and oxygen atoms in total. The third kappa shape index (κ3) is 5.95. The van der Waals surface area contributed by atoms with Crippen LogP contribution in [0.5, 0.6) is 0 Å². The van der Waals surface area contributed by atoms with E-state index in [1.165, 1.54) is 0 Å². The van der Waals surface area contributed by atoms with Gasteiger partial charge in [0.2, 0.25) is 5.95 Å². The molecule has 0 bridgehead atoms. The van der Waals surface area contributed by atoms with E-state index < -0.39 is 35.0 Å². The highest BCUT2D eigenvalue weighted by atomic mass is 19.4. The first kappa shape index (κ1) is 31.2. The highest BCUT2D eigenvalue weighted by Gasteiger charge is 2.74. The predicted molar refractivity (Wildman–Crippen MR) is 152 cm³/mol. The van der Waals surface area contributed by atoms with Gasteiger partial charge in [0.05, 0.1) is 23.9 Å². The van der Waals surface area contributed by atoms with E-state index in [0.717, 1.165) is 24.1 Å². The molecule has 1 aliphatic heterocycles. The number of ether oxygens (including phenoxy) is 1. The first-order chi connectivity index (χ1) is 21.0. The fraction of sp³-hybridized carbons (Fsp3) is 0.548. The van der Waals surface area contributed by atoms with Crippen molar-refractivity contribution >= 4 is 12.0 Å². The zero-order valence-electron chi connectivity index (χ0n) is 25.3. The summed E-state index contributed by atoms with van der Waals surface area (Å²) in [6.07, 6.45) is -1.78. The molecule has 4 atom stereocenters. The van der Waals surface area contributed by atoms with Crippen molar-refractivity contribution in [3.05, 3.63) is 59.7 Å². The van der Waals surface area contributed by atoms with Crippen molar-refractivity contribution in [1.82, 2.24) is 24.6 Å². The minimum absolute atomic E-state index is 0.126. The molecule has 4 unspecified atom stereocenters. The third-order valence-electron chi connectivity index (χ3n) is 9.30. The normalized spacial score (nSPS) is 25.8. The van der Waals surface area contributed by atoms with Crippen LogP contribution in [0.25, 0.3) is 11.1 Å². The molecule has 6 rings (SSSR count). The minimum atomic E-state index is -4.97. The highest BCUT2D eigenvalue weighted by Crippen LogP contribution is 2.68. The summed E-state index contributed by atoms with van der Waals surface area (Å²) >= 11 is 0. The Morgan fingerprint density at radius 1 is 1.02 bits per heavy atom. The number of nitrogens with zero attached hydrogens (tertiary/aromatic N) is 6. The van der Waals surface area contributed by atoms with Crippen LogP contribution in [0, 0.1) is 17.3 Å². The van der Waals surface area contributed by atoms with Crippen LogP contribution in [0.15, 0.2) is 43.0 Å². The Hall–Kier alpha value is -3.84. The van der Waals surface area contributed by atoms with E-state index in [1.807, 2.05) is 13.8 Å². The number of amides is 1. The van der Waals surface area contributed by atoms with E-state index >= 15 is 0 Å². The van der Waals surface area contributed by atoms with E-state index in [2.05, 4.69) is 22.0 Å². The summed E-state index contributed by atoms with van der Waals surface area (Å²) in [6, 6.07) is 1.30. The number of hydrogen-bond donors (Lipinski definition) is 0. The Balaban J connectivity index is 1.34. The lowest BCUT2D eigenvalue weighted by atomic mass is 9.98. The number of rotatable bonds is 7. The monoisotopic (exact) mass is 636 g/mol. The molecule has 3 fully saturated rings. The SMILES string of the molecule is CC(C)COC(=O)N1CC2(CC2N(Cc2cc(C(F)(F)F)cc(C(F)(F)F)c2)c2ncc(-c3cnn(C)c3)cn2)CC12CC2C. The molecular weight excluding hydrogens is 602 g/mol. The summed E-state index contributed by atoms with van der Waals surface area (Å²) in [5.74, 6) is 0.573. The van der Waals surface area contributed by atoms with Crippen molar-refractivity contribution in [3.8, 4) is 11.1 Å². The van der Waals surface area contributed by atoms with Crippen LogP contribution < -0.4 is 4.90 Å². The second-order valence-electron chi connectivity index (χ2n) is 13.2. The number of likely N-dealkylation sites (tertiary alicyclic amines) is 1. The van der Waals surface area contributed by atoms with Crippen LogP contribution in [0.2, 0.25) is 0 Å². The van der Waals surface area contributed by atoms with Crippen molar-refractivity contribution in [2.45, 2.75) is 70.5 Å². The summed E-state index contributed by atoms with van der Waals surface area (Å²) in [6.45, 7) is 6.32. The Bertz CT molecular complexity index is 1560. The van der Waals surface area contributed by atoms with E-state index in [4.69, 9.17) is 4.74 Å². The van der Waals surface area contributed by atoms with Crippen molar-refractivity contribution in [2.75, 3.05) is 18.1 Å². The van der Waals surface area contributed by atoms with E-state index in [0.29, 0.717) is 24.9 Å². The van der Waals surface area contributed by atoms with E-state index in [9.17, 15) is 31.1 Å².